The average molecular weight is 322 g/mol. The van der Waals surface area contributed by atoms with Crippen LogP contribution >= 0.6 is 0 Å². The summed E-state index contributed by atoms with van der Waals surface area (Å²) in [6, 6.07) is 3.44. The Morgan fingerprint density at radius 1 is 1.43 bits per heavy atom. The van der Waals surface area contributed by atoms with Gasteiger partial charge in [0.05, 0.1) is 6.10 Å². The van der Waals surface area contributed by atoms with E-state index in [1.54, 1.807) is 0 Å². The maximum absolute atomic E-state index is 11.1. The summed E-state index contributed by atoms with van der Waals surface area (Å²) >= 11 is 0. The number of carbonyl (C=O) groups is 1. The van der Waals surface area contributed by atoms with Crippen LogP contribution in [0.3, 0.4) is 0 Å². The molecule has 1 fully saturated rings. The van der Waals surface area contributed by atoms with Crippen LogP contribution in [0.25, 0.3) is 0 Å². The Bertz CT molecular complexity index is 606. The van der Waals surface area contributed by atoms with Gasteiger partial charge in [-0.1, -0.05) is 0 Å². The number of carboxylic acids is 1. The van der Waals surface area contributed by atoms with Crippen molar-refractivity contribution in [2.45, 2.75) is 25.5 Å². The van der Waals surface area contributed by atoms with Crippen molar-refractivity contribution in [2.24, 2.45) is 0 Å². The fourth-order valence-electron chi connectivity index (χ4n) is 3.09. The van der Waals surface area contributed by atoms with Gasteiger partial charge in [0, 0.05) is 31.8 Å². The first kappa shape index (κ1) is 15.9. The van der Waals surface area contributed by atoms with Crippen molar-refractivity contribution < 1.29 is 24.1 Å². The van der Waals surface area contributed by atoms with Crippen LogP contribution in [0.5, 0.6) is 11.5 Å². The molecule has 23 heavy (non-hydrogen) atoms. The molecule has 0 aliphatic carbocycles. The monoisotopic (exact) mass is 322 g/mol. The van der Waals surface area contributed by atoms with Crippen LogP contribution in [0, 0.1) is 6.92 Å². The maximum Gasteiger partial charge on any atom is 0.321 e. The zero-order chi connectivity index (χ0) is 16.6. The second-order valence-electron chi connectivity index (χ2n) is 6.14. The van der Waals surface area contributed by atoms with E-state index in [0.717, 1.165) is 22.7 Å². The number of likely N-dealkylation sites (tertiary alicyclic amines) is 1. The zero-order valence-electron chi connectivity index (χ0n) is 13.6. The number of benzene rings is 1. The van der Waals surface area contributed by atoms with Crippen LogP contribution in [0.2, 0.25) is 0 Å². The number of fused-ring (bicyclic) bond motifs is 1. The highest BCUT2D eigenvalue weighted by atomic mass is 16.7. The summed E-state index contributed by atoms with van der Waals surface area (Å²) in [6.07, 6.45) is 0.442. The molecular formula is C16H22N2O5. The minimum atomic E-state index is -0.793. The Balaban J connectivity index is 1.60. The Morgan fingerprint density at radius 2 is 2.13 bits per heavy atom. The Hall–Kier alpha value is -1.99. The van der Waals surface area contributed by atoms with Crippen molar-refractivity contribution in [3.63, 3.8) is 0 Å². The van der Waals surface area contributed by atoms with Crippen molar-refractivity contribution in [1.82, 2.24) is 4.90 Å². The Kier molecular flexibility index (Phi) is 4.32. The third kappa shape index (κ3) is 3.20. The van der Waals surface area contributed by atoms with Crippen LogP contribution < -0.4 is 14.4 Å². The second kappa shape index (κ2) is 6.25. The lowest BCUT2D eigenvalue weighted by molar-refractivity contribution is -0.141. The highest BCUT2D eigenvalue weighted by molar-refractivity contribution is 5.73. The first-order valence-electron chi connectivity index (χ1n) is 7.61. The van der Waals surface area contributed by atoms with Crippen molar-refractivity contribution in [1.29, 1.82) is 0 Å². The first-order chi connectivity index (χ1) is 11.0. The van der Waals surface area contributed by atoms with Gasteiger partial charge in [-0.3, -0.25) is 9.69 Å². The number of hydrogen-bond acceptors (Lipinski definition) is 6. The molecule has 0 aromatic heterocycles. The maximum atomic E-state index is 11.1. The molecule has 3 rings (SSSR count). The van der Waals surface area contributed by atoms with Gasteiger partial charge in [0.15, 0.2) is 11.5 Å². The van der Waals surface area contributed by atoms with Gasteiger partial charge >= 0.3 is 5.97 Å². The zero-order valence-corrected chi connectivity index (χ0v) is 13.6. The lowest BCUT2D eigenvalue weighted by Crippen LogP contribution is -2.32. The summed E-state index contributed by atoms with van der Waals surface area (Å²) in [7, 11) is 3.76. The molecule has 2 heterocycles. The van der Waals surface area contributed by atoms with Gasteiger partial charge < -0.3 is 24.2 Å². The smallest absolute Gasteiger partial charge is 0.321 e. The third-order valence-electron chi connectivity index (χ3n) is 4.40. The van der Waals surface area contributed by atoms with Gasteiger partial charge in [-0.25, -0.2) is 0 Å². The van der Waals surface area contributed by atoms with E-state index in [1.165, 1.54) is 0 Å². The Morgan fingerprint density at radius 3 is 2.78 bits per heavy atom. The van der Waals surface area contributed by atoms with Gasteiger partial charge in [-0.2, -0.15) is 0 Å². The van der Waals surface area contributed by atoms with Gasteiger partial charge in [-0.15, -0.1) is 0 Å². The van der Waals surface area contributed by atoms with Crippen LogP contribution in [0.15, 0.2) is 12.1 Å². The fourth-order valence-corrected chi connectivity index (χ4v) is 3.09. The van der Waals surface area contributed by atoms with Gasteiger partial charge in [0.2, 0.25) is 6.79 Å². The molecule has 1 N–H and O–H groups in total. The number of aryl methyl sites for hydroxylation is 1. The molecule has 1 saturated heterocycles. The van der Waals surface area contributed by atoms with Crippen molar-refractivity contribution in [2.75, 3.05) is 39.1 Å². The number of ether oxygens (including phenoxy) is 3. The van der Waals surface area contributed by atoms with Crippen LogP contribution in [0.1, 0.15) is 12.0 Å². The van der Waals surface area contributed by atoms with Crippen LogP contribution in [-0.4, -0.2) is 62.3 Å². The minimum absolute atomic E-state index is 0.0714. The van der Waals surface area contributed by atoms with Gasteiger partial charge in [0.1, 0.15) is 12.8 Å². The Labute approximate surface area is 135 Å². The molecule has 2 aliphatic heterocycles. The highest BCUT2D eigenvalue weighted by Crippen LogP contribution is 2.37. The standard InChI is InChI=1S/C16H22N2O5/c1-10-4-14-15(23-9-22-14)6-12(10)18(3)8-21-11-5-13(16(19)20)17(2)7-11/h4,6,11,13H,5,7-9H2,1-3H3,(H,19,20). The lowest BCUT2D eigenvalue weighted by atomic mass is 10.1. The molecule has 0 bridgehead atoms. The van der Waals surface area contributed by atoms with Crippen molar-refractivity contribution in [3.05, 3.63) is 17.7 Å². The van der Waals surface area contributed by atoms with E-state index in [0.29, 0.717) is 19.7 Å². The van der Waals surface area contributed by atoms with Gasteiger partial charge in [0.25, 0.3) is 0 Å². The molecule has 1 aromatic carbocycles. The normalized spacial score (nSPS) is 23.3. The number of anilines is 1. The third-order valence-corrected chi connectivity index (χ3v) is 4.40. The van der Waals surface area contributed by atoms with E-state index in [-0.39, 0.29) is 12.9 Å². The summed E-state index contributed by atoms with van der Waals surface area (Å²) in [6.45, 7) is 3.29. The van der Waals surface area contributed by atoms with E-state index in [9.17, 15) is 4.79 Å². The summed E-state index contributed by atoms with van der Waals surface area (Å²) < 4.78 is 16.7. The number of nitrogens with zero attached hydrogens (tertiary/aromatic N) is 2. The lowest BCUT2D eigenvalue weighted by Gasteiger charge is -2.23. The van der Waals surface area contributed by atoms with E-state index in [1.807, 2.05) is 43.0 Å². The molecule has 126 valence electrons. The van der Waals surface area contributed by atoms with Crippen LogP contribution in [-0.2, 0) is 9.53 Å². The molecule has 7 nitrogen and oxygen atoms in total. The summed E-state index contributed by atoms with van der Waals surface area (Å²) in [5.41, 5.74) is 2.09. The molecule has 7 heteroatoms. The predicted molar refractivity (Wildman–Crippen MR) is 84.1 cm³/mol. The topological polar surface area (TPSA) is 71.5 Å². The second-order valence-corrected chi connectivity index (χ2v) is 6.14. The highest BCUT2D eigenvalue weighted by Gasteiger charge is 2.35. The molecule has 0 saturated carbocycles. The number of hydrogen-bond donors (Lipinski definition) is 1. The van der Waals surface area contributed by atoms with E-state index in [2.05, 4.69) is 0 Å². The van der Waals surface area contributed by atoms with E-state index < -0.39 is 12.0 Å². The number of aliphatic carboxylic acids is 1. The predicted octanol–water partition coefficient (Wildman–Crippen LogP) is 1.29. The van der Waals surface area contributed by atoms with Gasteiger partial charge in [-0.05, 0) is 25.6 Å². The number of likely N-dealkylation sites (N-methyl/N-ethyl adjacent to an activating group) is 1. The summed E-state index contributed by atoms with van der Waals surface area (Å²) in [4.78, 5) is 14.9. The molecule has 2 unspecified atom stereocenters. The summed E-state index contributed by atoms with van der Waals surface area (Å²) in [5.74, 6) is 0.713. The molecule has 1 aromatic rings. The molecule has 2 atom stereocenters. The summed E-state index contributed by atoms with van der Waals surface area (Å²) in [5, 5.41) is 9.15. The number of carboxylic acid groups (broad SMARTS) is 1. The molecule has 0 radical (unpaired) electrons. The SMILES string of the molecule is Cc1cc2c(cc1N(C)COC1CC(C(=O)O)N(C)C1)OCO2. The molecule has 0 amide bonds. The first-order valence-corrected chi connectivity index (χ1v) is 7.61. The van der Waals surface area contributed by atoms with E-state index in [4.69, 9.17) is 19.3 Å². The quantitative estimate of drug-likeness (QED) is 0.819. The minimum Gasteiger partial charge on any atom is -0.480 e. The fraction of sp³-hybridized carbons (Fsp3) is 0.562. The van der Waals surface area contributed by atoms with Crippen LogP contribution in [0.4, 0.5) is 5.69 Å². The van der Waals surface area contributed by atoms with E-state index >= 15 is 0 Å². The largest absolute Gasteiger partial charge is 0.480 e. The number of rotatable bonds is 5. The molecule has 2 aliphatic rings. The molecule has 0 spiro atoms. The van der Waals surface area contributed by atoms with Crippen molar-refractivity contribution in [3.8, 4) is 11.5 Å². The average Bonchev–Trinajstić information content (AvgIpc) is 3.09. The molecular weight excluding hydrogens is 300 g/mol. The van der Waals surface area contributed by atoms with Crippen molar-refractivity contribution >= 4 is 11.7 Å².